The molecule has 0 unspecified atom stereocenters. The lowest BCUT2D eigenvalue weighted by Gasteiger charge is -2.09. The summed E-state index contributed by atoms with van der Waals surface area (Å²) in [7, 11) is 0. The molecule has 1 aromatic carbocycles. The molecule has 3 heterocycles. The van der Waals surface area contributed by atoms with E-state index in [0.29, 0.717) is 23.0 Å². The quantitative estimate of drug-likeness (QED) is 0.543. The third-order valence-electron chi connectivity index (χ3n) is 4.11. The van der Waals surface area contributed by atoms with Crippen molar-refractivity contribution in [1.82, 2.24) is 14.6 Å². The van der Waals surface area contributed by atoms with E-state index in [2.05, 4.69) is 10.1 Å². The van der Waals surface area contributed by atoms with Crippen molar-refractivity contribution in [2.75, 3.05) is 5.73 Å². The number of hydrogen-bond donors (Lipinski definition) is 1. The van der Waals surface area contributed by atoms with Crippen LogP contribution in [0, 0.1) is 31.3 Å². The van der Waals surface area contributed by atoms with E-state index in [4.69, 9.17) is 10.2 Å². The Labute approximate surface area is 145 Å². The number of pyridine rings is 1. The molecule has 4 aromatic rings. The number of halogens is 3. The van der Waals surface area contributed by atoms with E-state index < -0.39 is 23.0 Å². The molecule has 132 valence electrons. The standard InChI is InChI=1S/C18H13F3N4O/c1-8-3-4-13(26-8)18-23-15-6-10(5-14(22)25(15)24-18)11-7-12(19)17(21)9(2)16(11)20/h3-7H,22H2,1-2H3. The minimum absolute atomic E-state index is 0.103. The Hall–Kier alpha value is -3.29. The number of aryl methyl sites for hydroxylation is 1. The summed E-state index contributed by atoms with van der Waals surface area (Å²) in [5.74, 6) is -1.56. The summed E-state index contributed by atoms with van der Waals surface area (Å²) in [6, 6.07) is 7.22. The minimum Gasteiger partial charge on any atom is -0.458 e. The molecule has 0 aliphatic heterocycles. The van der Waals surface area contributed by atoms with Gasteiger partial charge in [0.15, 0.2) is 23.0 Å². The smallest absolute Gasteiger partial charge is 0.217 e. The fourth-order valence-corrected chi connectivity index (χ4v) is 2.76. The van der Waals surface area contributed by atoms with Crippen molar-refractivity contribution < 1.29 is 17.6 Å². The molecule has 26 heavy (non-hydrogen) atoms. The van der Waals surface area contributed by atoms with Gasteiger partial charge in [-0.05, 0) is 49.7 Å². The van der Waals surface area contributed by atoms with Gasteiger partial charge in [-0.15, -0.1) is 5.10 Å². The van der Waals surface area contributed by atoms with Crippen molar-refractivity contribution >= 4 is 11.5 Å². The van der Waals surface area contributed by atoms with Crippen LogP contribution in [0.1, 0.15) is 11.3 Å². The monoisotopic (exact) mass is 358 g/mol. The van der Waals surface area contributed by atoms with Gasteiger partial charge in [0.25, 0.3) is 0 Å². The molecule has 5 nitrogen and oxygen atoms in total. The number of aromatic nitrogens is 3. The molecular weight excluding hydrogens is 345 g/mol. The lowest BCUT2D eigenvalue weighted by molar-refractivity contribution is 0.487. The SMILES string of the molecule is Cc1ccc(-c2nc3cc(-c4cc(F)c(F)c(C)c4F)cc(N)n3n2)o1. The summed E-state index contributed by atoms with van der Waals surface area (Å²) >= 11 is 0. The van der Waals surface area contributed by atoms with Gasteiger partial charge in [-0.2, -0.15) is 4.52 Å². The number of nitrogen functional groups attached to an aromatic ring is 1. The number of nitrogens with zero attached hydrogens (tertiary/aromatic N) is 3. The highest BCUT2D eigenvalue weighted by Gasteiger charge is 2.19. The summed E-state index contributed by atoms with van der Waals surface area (Å²) in [4.78, 5) is 4.32. The third kappa shape index (κ3) is 2.42. The molecule has 0 fully saturated rings. The molecule has 0 aliphatic rings. The molecule has 2 N–H and O–H groups in total. The lowest BCUT2D eigenvalue weighted by atomic mass is 10.0. The summed E-state index contributed by atoms with van der Waals surface area (Å²) in [5, 5.41) is 4.26. The largest absolute Gasteiger partial charge is 0.458 e. The van der Waals surface area contributed by atoms with Crippen molar-refractivity contribution in [2.45, 2.75) is 13.8 Å². The van der Waals surface area contributed by atoms with E-state index in [1.807, 2.05) is 0 Å². The highest BCUT2D eigenvalue weighted by atomic mass is 19.2. The molecule has 0 radical (unpaired) electrons. The van der Waals surface area contributed by atoms with Crippen molar-refractivity contribution in [2.24, 2.45) is 0 Å². The summed E-state index contributed by atoms with van der Waals surface area (Å²) in [5.41, 5.74) is 6.08. The minimum atomic E-state index is -1.21. The topological polar surface area (TPSA) is 69.3 Å². The van der Waals surface area contributed by atoms with Crippen LogP contribution in [0.25, 0.3) is 28.4 Å². The zero-order valence-electron chi connectivity index (χ0n) is 13.8. The molecule has 4 rings (SSSR count). The van der Waals surface area contributed by atoms with Gasteiger partial charge in [0.1, 0.15) is 17.4 Å². The van der Waals surface area contributed by atoms with Gasteiger partial charge in [0, 0.05) is 11.1 Å². The zero-order chi connectivity index (χ0) is 18.6. The average molecular weight is 358 g/mol. The molecule has 0 spiro atoms. The normalized spacial score (nSPS) is 11.4. The fourth-order valence-electron chi connectivity index (χ4n) is 2.76. The molecule has 0 amide bonds. The van der Waals surface area contributed by atoms with Crippen molar-refractivity contribution in [3.63, 3.8) is 0 Å². The van der Waals surface area contributed by atoms with Crippen molar-refractivity contribution in [3.05, 3.63) is 59.1 Å². The fraction of sp³-hybridized carbons (Fsp3) is 0.111. The first-order chi connectivity index (χ1) is 12.3. The summed E-state index contributed by atoms with van der Waals surface area (Å²) in [6.07, 6.45) is 0. The second kappa shape index (κ2) is 5.62. The maximum absolute atomic E-state index is 14.4. The van der Waals surface area contributed by atoms with E-state index in [1.165, 1.54) is 23.6 Å². The lowest BCUT2D eigenvalue weighted by Crippen LogP contribution is -2.01. The number of rotatable bonds is 2. The molecule has 0 bridgehead atoms. The van der Waals surface area contributed by atoms with Gasteiger partial charge in [0.05, 0.1) is 0 Å². The molecule has 0 atom stereocenters. The van der Waals surface area contributed by atoms with E-state index >= 15 is 0 Å². The van der Waals surface area contributed by atoms with Crippen LogP contribution >= 0.6 is 0 Å². The molecule has 0 saturated carbocycles. The Morgan fingerprint density at radius 1 is 1.04 bits per heavy atom. The van der Waals surface area contributed by atoms with Crippen LogP contribution < -0.4 is 5.73 Å². The van der Waals surface area contributed by atoms with Gasteiger partial charge >= 0.3 is 0 Å². The number of furan rings is 1. The number of anilines is 1. The Balaban J connectivity index is 1.91. The highest BCUT2D eigenvalue weighted by molar-refractivity contribution is 5.73. The van der Waals surface area contributed by atoms with Crippen LogP contribution in [0.3, 0.4) is 0 Å². The van der Waals surface area contributed by atoms with Crippen LogP contribution in [0.15, 0.2) is 34.7 Å². The highest BCUT2D eigenvalue weighted by Crippen LogP contribution is 2.31. The van der Waals surface area contributed by atoms with E-state index in [9.17, 15) is 13.2 Å². The molecule has 0 aliphatic carbocycles. The van der Waals surface area contributed by atoms with Gasteiger partial charge in [-0.3, -0.25) is 0 Å². The second-order valence-corrected chi connectivity index (χ2v) is 5.94. The van der Waals surface area contributed by atoms with Gasteiger partial charge in [0.2, 0.25) is 5.82 Å². The first-order valence-corrected chi connectivity index (χ1v) is 7.72. The van der Waals surface area contributed by atoms with Crippen molar-refractivity contribution in [1.29, 1.82) is 0 Å². The van der Waals surface area contributed by atoms with Crippen LogP contribution in [0.4, 0.5) is 19.0 Å². The van der Waals surface area contributed by atoms with Crippen LogP contribution in [0.5, 0.6) is 0 Å². The summed E-state index contributed by atoms with van der Waals surface area (Å²) < 4.78 is 48.5. The first kappa shape index (κ1) is 16.2. The van der Waals surface area contributed by atoms with Crippen LogP contribution in [-0.2, 0) is 0 Å². The Bertz CT molecular complexity index is 1160. The molecule has 3 aromatic heterocycles. The van der Waals surface area contributed by atoms with Gasteiger partial charge in [-0.25, -0.2) is 18.2 Å². The molecule has 0 saturated heterocycles. The predicted molar refractivity (Wildman–Crippen MR) is 89.9 cm³/mol. The number of nitrogens with two attached hydrogens (primary N) is 1. The summed E-state index contributed by atoms with van der Waals surface area (Å²) in [6.45, 7) is 2.97. The van der Waals surface area contributed by atoms with Crippen molar-refractivity contribution in [3.8, 4) is 22.7 Å². The number of hydrogen-bond acceptors (Lipinski definition) is 4. The van der Waals surface area contributed by atoms with E-state index in [-0.39, 0.29) is 16.9 Å². The van der Waals surface area contributed by atoms with E-state index in [0.717, 1.165) is 6.07 Å². The molecule has 8 heteroatoms. The third-order valence-corrected chi connectivity index (χ3v) is 4.11. The Morgan fingerprint density at radius 3 is 2.50 bits per heavy atom. The molecular formula is C18H13F3N4O. The average Bonchev–Trinajstić information content (AvgIpc) is 3.22. The first-order valence-electron chi connectivity index (χ1n) is 7.72. The number of fused-ring (bicyclic) bond motifs is 1. The maximum Gasteiger partial charge on any atom is 0.217 e. The second-order valence-electron chi connectivity index (χ2n) is 5.94. The van der Waals surface area contributed by atoms with Gasteiger partial charge in [-0.1, -0.05) is 0 Å². The predicted octanol–water partition coefficient (Wildman–Crippen LogP) is 4.27. The Morgan fingerprint density at radius 2 is 1.81 bits per heavy atom. The zero-order valence-corrected chi connectivity index (χ0v) is 13.8. The maximum atomic E-state index is 14.4. The van der Waals surface area contributed by atoms with E-state index in [1.54, 1.807) is 19.1 Å². The number of benzene rings is 1. The Kier molecular flexibility index (Phi) is 3.50. The van der Waals surface area contributed by atoms with Gasteiger partial charge < -0.3 is 10.2 Å². The van der Waals surface area contributed by atoms with Crippen LogP contribution in [0.2, 0.25) is 0 Å². The van der Waals surface area contributed by atoms with Crippen LogP contribution in [-0.4, -0.2) is 14.6 Å².